The molecule has 4 amide bonds. The third-order valence-corrected chi connectivity index (χ3v) is 9.03. The largest absolute Gasteiger partial charge is 0.379 e. The van der Waals surface area contributed by atoms with Gasteiger partial charge >= 0.3 is 0 Å². The molecular weight excluding hydrogens is 608 g/mol. The Morgan fingerprint density at radius 2 is 1.29 bits per heavy atom. The van der Waals surface area contributed by atoms with Crippen LogP contribution in [0.25, 0.3) is 10.9 Å². The van der Waals surface area contributed by atoms with Crippen molar-refractivity contribution in [3.8, 4) is 0 Å². The first kappa shape index (κ1) is 32.9. The summed E-state index contributed by atoms with van der Waals surface area (Å²) in [6, 6.07) is 23.8. The third-order valence-electron chi connectivity index (χ3n) is 9.03. The first-order valence-electron chi connectivity index (χ1n) is 16.6. The smallest absolute Gasteiger partial charge is 0.243 e. The molecule has 0 bridgehead atoms. The van der Waals surface area contributed by atoms with Gasteiger partial charge in [-0.2, -0.15) is 0 Å². The second-order valence-corrected chi connectivity index (χ2v) is 12.4. The monoisotopic (exact) mass is 650 g/mol. The van der Waals surface area contributed by atoms with Gasteiger partial charge in [0.15, 0.2) is 0 Å². The van der Waals surface area contributed by atoms with E-state index in [0.29, 0.717) is 32.7 Å². The molecule has 2 aliphatic heterocycles. The lowest BCUT2D eigenvalue weighted by molar-refractivity contribution is -0.136. The van der Waals surface area contributed by atoms with Crippen LogP contribution in [0.15, 0.2) is 91.1 Å². The van der Waals surface area contributed by atoms with E-state index in [4.69, 9.17) is 4.74 Å². The van der Waals surface area contributed by atoms with Crippen LogP contribution < -0.4 is 21.3 Å². The van der Waals surface area contributed by atoms with Crippen LogP contribution in [0, 0.1) is 0 Å². The Hall–Kier alpha value is -5.00. The first-order valence-corrected chi connectivity index (χ1v) is 16.6. The zero-order valence-corrected chi connectivity index (χ0v) is 26.8. The first-order chi connectivity index (χ1) is 23.4. The van der Waals surface area contributed by atoms with Crippen molar-refractivity contribution in [3.05, 3.63) is 108 Å². The maximum Gasteiger partial charge on any atom is 0.243 e. The molecular formula is C37H42N6O5. The number of nitrogens with zero attached hydrogens (tertiary/aromatic N) is 1. The van der Waals surface area contributed by atoms with E-state index in [0.717, 1.165) is 27.6 Å². The van der Waals surface area contributed by atoms with Crippen molar-refractivity contribution < 1.29 is 23.9 Å². The van der Waals surface area contributed by atoms with Crippen molar-refractivity contribution in [3.63, 3.8) is 0 Å². The standard InChI is InChI=1S/C37H42N6O5/c44-34-22-33(43-15-17-48-18-16-43)37(47)39-24-28(19-25-9-3-1-4-10-25)40-35(45)31(20-26-11-5-2-6-12-26)42-36(46)32(41-34)21-27-23-38-30-14-8-7-13-29(27)30/h1-14,23,28,31-33,38H,15-22,24H2,(H,39,47)(H,40,45)(H,41,44)(H,42,46)/t28-,31+,32+,33-/m1/s1. The maximum atomic E-state index is 14.1. The summed E-state index contributed by atoms with van der Waals surface area (Å²) in [5.41, 5.74) is 3.62. The lowest BCUT2D eigenvalue weighted by Crippen LogP contribution is -2.60. The predicted octanol–water partition coefficient (Wildman–Crippen LogP) is 1.87. The zero-order chi connectivity index (χ0) is 33.3. The van der Waals surface area contributed by atoms with Gasteiger partial charge in [-0.25, -0.2) is 0 Å². The van der Waals surface area contributed by atoms with E-state index in [1.807, 2.05) is 96.0 Å². The number of carbonyl (C=O) groups excluding carboxylic acids is 4. The summed E-state index contributed by atoms with van der Waals surface area (Å²) in [6.45, 7) is 2.04. The highest BCUT2D eigenvalue weighted by atomic mass is 16.5. The maximum absolute atomic E-state index is 14.1. The summed E-state index contributed by atoms with van der Waals surface area (Å²) in [7, 11) is 0. The summed E-state index contributed by atoms with van der Waals surface area (Å²) in [5, 5.41) is 13.0. The molecule has 48 heavy (non-hydrogen) atoms. The fourth-order valence-electron chi connectivity index (χ4n) is 6.48. The van der Waals surface area contributed by atoms with Crippen LogP contribution in [-0.2, 0) is 43.2 Å². The van der Waals surface area contributed by atoms with Gasteiger partial charge in [-0.05, 0) is 29.2 Å². The van der Waals surface area contributed by atoms with E-state index in [2.05, 4.69) is 26.3 Å². The number of benzene rings is 3. The van der Waals surface area contributed by atoms with Crippen molar-refractivity contribution in [2.45, 2.75) is 49.9 Å². The van der Waals surface area contributed by atoms with Gasteiger partial charge in [0.1, 0.15) is 12.1 Å². The third kappa shape index (κ3) is 8.47. The molecule has 1 aromatic heterocycles. The van der Waals surface area contributed by atoms with Gasteiger partial charge in [-0.3, -0.25) is 24.1 Å². The van der Waals surface area contributed by atoms with Crippen LogP contribution >= 0.6 is 0 Å². The number of fused-ring (bicyclic) bond motifs is 1. The lowest BCUT2D eigenvalue weighted by Gasteiger charge is -2.34. The van der Waals surface area contributed by atoms with Gasteiger partial charge < -0.3 is 31.0 Å². The van der Waals surface area contributed by atoms with Crippen LogP contribution in [0.2, 0.25) is 0 Å². The number of carbonyl (C=O) groups is 4. The van der Waals surface area contributed by atoms with Crippen LogP contribution in [0.5, 0.6) is 0 Å². The Bertz CT molecular complexity index is 1710. The van der Waals surface area contributed by atoms with E-state index < -0.39 is 36.0 Å². The quantitative estimate of drug-likeness (QED) is 0.207. The Labute approximate surface area is 279 Å². The van der Waals surface area contributed by atoms with E-state index in [1.54, 1.807) is 0 Å². The molecule has 250 valence electrons. The number of amides is 4. The number of aromatic amines is 1. The minimum Gasteiger partial charge on any atom is -0.379 e. The molecule has 2 fully saturated rings. The van der Waals surface area contributed by atoms with Crippen molar-refractivity contribution in [1.82, 2.24) is 31.2 Å². The molecule has 4 aromatic rings. The van der Waals surface area contributed by atoms with Crippen molar-refractivity contribution in [1.29, 1.82) is 0 Å². The number of H-pyrrole nitrogens is 1. The molecule has 11 nitrogen and oxygen atoms in total. The molecule has 6 rings (SSSR count). The van der Waals surface area contributed by atoms with Crippen LogP contribution in [0.1, 0.15) is 23.1 Å². The molecule has 4 atom stereocenters. The summed E-state index contributed by atoms with van der Waals surface area (Å²) in [5.74, 6) is -1.59. The van der Waals surface area contributed by atoms with E-state index in [9.17, 15) is 19.2 Å². The average Bonchev–Trinajstić information content (AvgIpc) is 3.52. The lowest BCUT2D eigenvalue weighted by atomic mass is 10.00. The number of para-hydroxylation sites is 1. The highest BCUT2D eigenvalue weighted by molar-refractivity contribution is 5.95. The number of morpholine rings is 1. The molecule has 11 heteroatoms. The topological polar surface area (TPSA) is 145 Å². The van der Waals surface area contributed by atoms with Crippen molar-refractivity contribution >= 4 is 34.5 Å². The molecule has 3 heterocycles. The van der Waals surface area contributed by atoms with Gasteiger partial charge in [0.05, 0.1) is 31.7 Å². The summed E-state index contributed by atoms with van der Waals surface area (Å²) < 4.78 is 5.52. The number of ether oxygens (including phenoxy) is 1. The molecule has 0 unspecified atom stereocenters. The van der Waals surface area contributed by atoms with Gasteiger partial charge in [0, 0.05) is 49.6 Å². The molecule has 2 saturated heterocycles. The predicted molar refractivity (Wildman–Crippen MR) is 182 cm³/mol. The number of nitrogens with one attached hydrogen (secondary N) is 5. The molecule has 3 aromatic carbocycles. The minimum absolute atomic E-state index is 0.132. The van der Waals surface area contributed by atoms with E-state index in [1.165, 1.54) is 0 Å². The fraction of sp³-hybridized carbons (Fsp3) is 0.351. The Morgan fingerprint density at radius 1 is 0.667 bits per heavy atom. The average molecular weight is 651 g/mol. The van der Waals surface area contributed by atoms with Gasteiger partial charge in [0.25, 0.3) is 0 Å². The molecule has 2 aliphatic rings. The van der Waals surface area contributed by atoms with Crippen molar-refractivity contribution in [2.24, 2.45) is 0 Å². The molecule has 0 spiro atoms. The summed E-state index contributed by atoms with van der Waals surface area (Å²) in [6.07, 6.45) is 2.60. The molecule has 5 N–H and O–H groups in total. The highest BCUT2D eigenvalue weighted by Gasteiger charge is 2.34. The van der Waals surface area contributed by atoms with E-state index in [-0.39, 0.29) is 37.6 Å². The van der Waals surface area contributed by atoms with Crippen LogP contribution in [0.3, 0.4) is 0 Å². The Balaban J connectivity index is 1.33. The fourth-order valence-corrected chi connectivity index (χ4v) is 6.48. The number of aromatic nitrogens is 1. The van der Waals surface area contributed by atoms with Gasteiger partial charge in [-0.15, -0.1) is 0 Å². The normalized spacial score (nSPS) is 23.4. The SMILES string of the molecule is O=C1C[C@@H](N2CCOCC2)C(=O)NC[C@@H](Cc2ccccc2)NC(=O)[C@H](Cc2ccccc2)NC(=O)[C@H](Cc2c[nH]c3ccccc23)N1. The second-order valence-electron chi connectivity index (χ2n) is 12.4. The number of rotatable bonds is 7. The Morgan fingerprint density at radius 3 is 2.02 bits per heavy atom. The number of hydrogen-bond donors (Lipinski definition) is 5. The number of hydrogen-bond acceptors (Lipinski definition) is 6. The molecule has 0 saturated carbocycles. The van der Waals surface area contributed by atoms with Gasteiger partial charge in [0.2, 0.25) is 23.6 Å². The second kappa shape index (κ2) is 15.7. The minimum atomic E-state index is -1.00. The Kier molecular flexibility index (Phi) is 10.8. The summed E-state index contributed by atoms with van der Waals surface area (Å²) >= 11 is 0. The van der Waals surface area contributed by atoms with Gasteiger partial charge in [-0.1, -0.05) is 78.9 Å². The molecule has 0 radical (unpaired) electrons. The van der Waals surface area contributed by atoms with E-state index >= 15 is 0 Å². The van der Waals surface area contributed by atoms with Crippen LogP contribution in [-0.4, -0.2) is 90.5 Å². The molecule has 0 aliphatic carbocycles. The van der Waals surface area contributed by atoms with Crippen LogP contribution in [0.4, 0.5) is 0 Å². The highest BCUT2D eigenvalue weighted by Crippen LogP contribution is 2.20. The van der Waals surface area contributed by atoms with Crippen molar-refractivity contribution in [2.75, 3.05) is 32.8 Å². The zero-order valence-electron chi connectivity index (χ0n) is 26.8. The summed E-state index contributed by atoms with van der Waals surface area (Å²) in [4.78, 5) is 60.9.